The smallest absolute Gasteiger partial charge is 0.151 e. The van der Waals surface area contributed by atoms with Crippen molar-refractivity contribution in [3.05, 3.63) is 70.6 Å². The summed E-state index contributed by atoms with van der Waals surface area (Å²) in [5.74, 6) is 0.607. The summed E-state index contributed by atoms with van der Waals surface area (Å²) >= 11 is 0. The lowest BCUT2D eigenvalue weighted by Crippen LogP contribution is -2.07. The van der Waals surface area contributed by atoms with E-state index in [9.17, 15) is 9.70 Å². The minimum Gasteiger partial charge on any atom is -0.491 e. The molecule has 4 nitrogen and oxygen atoms in total. The van der Waals surface area contributed by atoms with Crippen molar-refractivity contribution >= 4 is 6.29 Å². The molecule has 0 spiro atoms. The molecule has 2 aromatic rings. The van der Waals surface area contributed by atoms with Gasteiger partial charge in [0, 0.05) is 5.56 Å². The van der Waals surface area contributed by atoms with E-state index in [1.165, 1.54) is 0 Å². The van der Waals surface area contributed by atoms with Gasteiger partial charge in [0.2, 0.25) is 0 Å². The maximum absolute atomic E-state index is 10.9. The summed E-state index contributed by atoms with van der Waals surface area (Å²) in [4.78, 5) is 21.4. The maximum Gasteiger partial charge on any atom is 0.151 e. The minimum atomic E-state index is -0.535. The average Bonchev–Trinajstić information content (AvgIpc) is 2.49. The first-order valence-electron chi connectivity index (χ1n) is 5.89. The van der Waals surface area contributed by atoms with Crippen molar-refractivity contribution in [2.24, 2.45) is 5.18 Å². The zero-order chi connectivity index (χ0) is 13.5. The highest BCUT2D eigenvalue weighted by Crippen LogP contribution is 2.19. The van der Waals surface area contributed by atoms with Crippen molar-refractivity contribution in [2.45, 2.75) is 6.04 Å². The molecular formula is C15H13NO3. The number of ether oxygens (including phenoxy) is 1. The Balaban J connectivity index is 1.99. The zero-order valence-electron chi connectivity index (χ0n) is 10.2. The fourth-order valence-corrected chi connectivity index (χ4v) is 1.68. The summed E-state index contributed by atoms with van der Waals surface area (Å²) < 4.78 is 5.50. The van der Waals surface area contributed by atoms with Gasteiger partial charge < -0.3 is 4.74 Å². The molecule has 0 saturated carbocycles. The molecule has 0 aliphatic carbocycles. The van der Waals surface area contributed by atoms with E-state index in [2.05, 4.69) is 5.18 Å². The van der Waals surface area contributed by atoms with Crippen molar-refractivity contribution in [2.75, 3.05) is 6.61 Å². The van der Waals surface area contributed by atoms with Crippen molar-refractivity contribution in [3.63, 3.8) is 0 Å². The molecule has 0 amide bonds. The summed E-state index contributed by atoms with van der Waals surface area (Å²) in [6, 6.07) is 15.4. The van der Waals surface area contributed by atoms with Crippen LogP contribution >= 0.6 is 0 Å². The van der Waals surface area contributed by atoms with Crippen LogP contribution in [0.25, 0.3) is 0 Å². The van der Waals surface area contributed by atoms with E-state index in [0.717, 1.165) is 11.8 Å². The van der Waals surface area contributed by atoms with Gasteiger partial charge in [0.15, 0.2) is 6.04 Å². The second kappa shape index (κ2) is 6.44. The van der Waals surface area contributed by atoms with Gasteiger partial charge in [-0.3, -0.25) is 4.79 Å². The third-order valence-corrected chi connectivity index (χ3v) is 2.74. The Morgan fingerprint density at radius 1 is 1.05 bits per heavy atom. The number of hydrogen-bond donors (Lipinski definition) is 0. The number of hydrogen-bond acceptors (Lipinski definition) is 4. The Morgan fingerprint density at radius 3 is 2.32 bits per heavy atom. The van der Waals surface area contributed by atoms with Gasteiger partial charge in [-0.2, -0.15) is 4.91 Å². The Kier molecular flexibility index (Phi) is 4.39. The van der Waals surface area contributed by atoms with Crippen molar-refractivity contribution < 1.29 is 9.53 Å². The topological polar surface area (TPSA) is 55.7 Å². The SMILES string of the molecule is O=Cc1ccc(OCC(N=O)c2ccccc2)cc1. The lowest BCUT2D eigenvalue weighted by atomic mass is 10.1. The summed E-state index contributed by atoms with van der Waals surface area (Å²) in [5, 5.41) is 3.08. The Hall–Kier alpha value is -2.49. The summed E-state index contributed by atoms with van der Waals surface area (Å²) in [6.07, 6.45) is 0.767. The average molecular weight is 255 g/mol. The molecule has 0 aromatic heterocycles. The molecule has 0 N–H and O–H groups in total. The maximum atomic E-state index is 10.9. The second-order valence-electron chi connectivity index (χ2n) is 4.03. The lowest BCUT2D eigenvalue weighted by molar-refractivity contribution is 0.112. The number of benzene rings is 2. The van der Waals surface area contributed by atoms with Gasteiger partial charge >= 0.3 is 0 Å². The number of nitrogens with zero attached hydrogens (tertiary/aromatic N) is 1. The van der Waals surface area contributed by atoms with Crippen molar-refractivity contribution in [1.82, 2.24) is 0 Å². The molecule has 0 aliphatic rings. The predicted octanol–water partition coefficient (Wildman–Crippen LogP) is 3.39. The van der Waals surface area contributed by atoms with Crippen molar-refractivity contribution in [3.8, 4) is 5.75 Å². The van der Waals surface area contributed by atoms with Crippen LogP contribution < -0.4 is 4.74 Å². The number of aldehydes is 1. The molecule has 0 radical (unpaired) electrons. The van der Waals surface area contributed by atoms with Gasteiger partial charge in [0.05, 0.1) is 0 Å². The van der Waals surface area contributed by atoms with Gasteiger partial charge in [0.1, 0.15) is 18.6 Å². The zero-order valence-corrected chi connectivity index (χ0v) is 10.2. The highest BCUT2D eigenvalue weighted by atomic mass is 16.5. The van der Waals surface area contributed by atoms with E-state index in [1.807, 2.05) is 30.3 Å². The predicted molar refractivity (Wildman–Crippen MR) is 72.3 cm³/mol. The molecule has 0 fully saturated rings. The van der Waals surface area contributed by atoms with Crippen LogP contribution in [0.15, 0.2) is 59.8 Å². The van der Waals surface area contributed by atoms with E-state index >= 15 is 0 Å². The van der Waals surface area contributed by atoms with E-state index in [1.54, 1.807) is 24.3 Å². The number of rotatable bonds is 6. The summed E-state index contributed by atoms with van der Waals surface area (Å²) in [5.41, 5.74) is 1.41. The highest BCUT2D eigenvalue weighted by molar-refractivity contribution is 5.74. The van der Waals surface area contributed by atoms with Crippen LogP contribution in [0.2, 0.25) is 0 Å². The molecule has 1 unspecified atom stereocenters. The Labute approximate surface area is 111 Å². The van der Waals surface area contributed by atoms with Crippen LogP contribution in [-0.2, 0) is 0 Å². The van der Waals surface area contributed by atoms with E-state index in [4.69, 9.17) is 4.74 Å². The largest absolute Gasteiger partial charge is 0.491 e. The molecule has 4 heteroatoms. The van der Waals surface area contributed by atoms with Crippen molar-refractivity contribution in [1.29, 1.82) is 0 Å². The molecule has 0 bridgehead atoms. The van der Waals surface area contributed by atoms with E-state index < -0.39 is 6.04 Å². The first-order valence-corrected chi connectivity index (χ1v) is 5.89. The minimum absolute atomic E-state index is 0.175. The van der Waals surface area contributed by atoms with Gasteiger partial charge in [-0.15, -0.1) is 0 Å². The normalized spacial score (nSPS) is 11.6. The molecule has 2 aromatic carbocycles. The van der Waals surface area contributed by atoms with Gasteiger partial charge in [-0.05, 0) is 29.8 Å². The summed E-state index contributed by atoms with van der Waals surface area (Å²) in [7, 11) is 0. The quantitative estimate of drug-likeness (QED) is 0.587. The molecule has 2 rings (SSSR count). The van der Waals surface area contributed by atoms with Crippen LogP contribution in [0, 0.1) is 4.91 Å². The van der Waals surface area contributed by atoms with Gasteiger partial charge in [-0.1, -0.05) is 35.5 Å². The van der Waals surface area contributed by atoms with Crippen LogP contribution in [0.5, 0.6) is 5.75 Å². The third-order valence-electron chi connectivity index (χ3n) is 2.74. The molecular weight excluding hydrogens is 242 g/mol. The fraction of sp³-hybridized carbons (Fsp3) is 0.133. The summed E-state index contributed by atoms with van der Waals surface area (Å²) in [6.45, 7) is 0.175. The van der Waals surface area contributed by atoms with Crippen LogP contribution in [-0.4, -0.2) is 12.9 Å². The molecule has 0 aliphatic heterocycles. The van der Waals surface area contributed by atoms with Gasteiger partial charge in [0.25, 0.3) is 0 Å². The van der Waals surface area contributed by atoms with Crippen LogP contribution in [0.3, 0.4) is 0 Å². The van der Waals surface area contributed by atoms with Crippen LogP contribution in [0.1, 0.15) is 22.0 Å². The molecule has 96 valence electrons. The van der Waals surface area contributed by atoms with Crippen LogP contribution in [0.4, 0.5) is 0 Å². The first kappa shape index (κ1) is 13.0. The monoisotopic (exact) mass is 255 g/mol. The highest BCUT2D eigenvalue weighted by Gasteiger charge is 2.12. The number of carbonyl (C=O) groups excluding carboxylic acids is 1. The second-order valence-corrected chi connectivity index (χ2v) is 4.03. The molecule has 19 heavy (non-hydrogen) atoms. The number of carbonyl (C=O) groups is 1. The molecule has 0 saturated heterocycles. The number of nitroso groups, excluding NO2 is 1. The van der Waals surface area contributed by atoms with Gasteiger partial charge in [-0.25, -0.2) is 0 Å². The third kappa shape index (κ3) is 3.48. The molecule has 0 heterocycles. The standard InChI is InChI=1S/C15H13NO3/c17-10-12-6-8-14(9-7-12)19-11-15(16-18)13-4-2-1-3-5-13/h1-10,15H,11H2. The van der Waals surface area contributed by atoms with E-state index in [0.29, 0.717) is 11.3 Å². The van der Waals surface area contributed by atoms with E-state index in [-0.39, 0.29) is 6.61 Å². The molecule has 1 atom stereocenters. The Bertz CT molecular complexity index is 537. The first-order chi connectivity index (χ1) is 9.33. The Morgan fingerprint density at radius 2 is 1.74 bits per heavy atom. The lowest BCUT2D eigenvalue weighted by Gasteiger charge is -2.11. The fourth-order valence-electron chi connectivity index (χ4n) is 1.68.